The fourth-order valence-corrected chi connectivity index (χ4v) is 4.66. The number of hydrogen-bond donors (Lipinski definition) is 0. The van der Waals surface area contributed by atoms with Crippen LogP contribution in [-0.4, -0.2) is 0 Å². The molecular formula is C40H34. The standard InChI is InChI=1S/C40H34/c1-31(37-11-5-3-6-12-37)29-35-21-17-33(18-22-35)25-27-39-15-9-10-16-40(39)28-26-34-19-23-36(24-20-34)30-32(2)38-13-7-4-8-14-38/h3-30H,1-2H3. The highest BCUT2D eigenvalue weighted by Crippen LogP contribution is 2.21. The van der Waals surface area contributed by atoms with Gasteiger partial charge in [0, 0.05) is 0 Å². The van der Waals surface area contributed by atoms with Gasteiger partial charge in [-0.2, -0.15) is 0 Å². The lowest BCUT2D eigenvalue weighted by molar-refractivity contribution is 1.56. The van der Waals surface area contributed by atoms with E-state index in [4.69, 9.17) is 0 Å². The molecule has 0 aliphatic heterocycles. The molecule has 0 heterocycles. The van der Waals surface area contributed by atoms with Crippen molar-refractivity contribution in [1.82, 2.24) is 0 Å². The Balaban J connectivity index is 1.26. The van der Waals surface area contributed by atoms with Crippen LogP contribution in [0.3, 0.4) is 0 Å². The second-order valence-corrected chi connectivity index (χ2v) is 10.0. The summed E-state index contributed by atoms with van der Waals surface area (Å²) in [4.78, 5) is 0. The molecule has 5 aromatic rings. The smallest absolute Gasteiger partial charge is 0.0184 e. The average molecular weight is 515 g/mol. The molecule has 0 nitrogen and oxygen atoms in total. The molecule has 0 saturated carbocycles. The number of allylic oxidation sites excluding steroid dienone is 2. The second-order valence-electron chi connectivity index (χ2n) is 10.0. The first-order chi connectivity index (χ1) is 19.6. The third-order valence-electron chi connectivity index (χ3n) is 7.00. The van der Waals surface area contributed by atoms with Crippen molar-refractivity contribution in [2.75, 3.05) is 0 Å². The van der Waals surface area contributed by atoms with Crippen LogP contribution < -0.4 is 0 Å². The first-order valence-electron chi connectivity index (χ1n) is 13.8. The van der Waals surface area contributed by atoms with E-state index in [0.29, 0.717) is 0 Å². The van der Waals surface area contributed by atoms with Crippen molar-refractivity contribution in [3.8, 4) is 0 Å². The van der Waals surface area contributed by atoms with Crippen molar-refractivity contribution in [2.24, 2.45) is 0 Å². The monoisotopic (exact) mass is 514 g/mol. The van der Waals surface area contributed by atoms with Crippen LogP contribution in [0.15, 0.2) is 133 Å². The Labute approximate surface area is 239 Å². The van der Waals surface area contributed by atoms with Gasteiger partial charge in [-0.1, -0.05) is 170 Å². The largest absolute Gasteiger partial charge is 0.0622 e. The Morgan fingerprint density at radius 3 is 1.05 bits per heavy atom. The van der Waals surface area contributed by atoms with E-state index in [0.717, 1.165) is 0 Å². The van der Waals surface area contributed by atoms with Crippen LogP contribution in [0.5, 0.6) is 0 Å². The zero-order valence-electron chi connectivity index (χ0n) is 23.2. The van der Waals surface area contributed by atoms with E-state index < -0.39 is 0 Å². The Morgan fingerprint density at radius 1 is 0.350 bits per heavy atom. The molecule has 0 heteroatoms. The van der Waals surface area contributed by atoms with E-state index in [1.54, 1.807) is 0 Å². The van der Waals surface area contributed by atoms with Crippen LogP contribution in [0.1, 0.15) is 58.4 Å². The first kappa shape index (κ1) is 26.7. The lowest BCUT2D eigenvalue weighted by atomic mass is 10.0. The quantitative estimate of drug-likeness (QED) is 0.181. The normalized spacial score (nSPS) is 12.3. The molecule has 0 atom stereocenters. The predicted molar refractivity (Wildman–Crippen MR) is 177 cm³/mol. The van der Waals surface area contributed by atoms with Gasteiger partial charge in [0.05, 0.1) is 0 Å². The van der Waals surface area contributed by atoms with Crippen molar-refractivity contribution >= 4 is 47.6 Å². The van der Waals surface area contributed by atoms with Crippen LogP contribution in [0.4, 0.5) is 0 Å². The van der Waals surface area contributed by atoms with E-state index in [1.165, 1.54) is 55.7 Å². The maximum absolute atomic E-state index is 2.23. The van der Waals surface area contributed by atoms with Crippen LogP contribution in [0.2, 0.25) is 0 Å². The maximum atomic E-state index is 2.23. The molecule has 0 aliphatic carbocycles. The van der Waals surface area contributed by atoms with E-state index in [9.17, 15) is 0 Å². The van der Waals surface area contributed by atoms with Crippen molar-refractivity contribution in [3.63, 3.8) is 0 Å². The molecule has 40 heavy (non-hydrogen) atoms. The van der Waals surface area contributed by atoms with Gasteiger partial charge in [0.25, 0.3) is 0 Å². The van der Waals surface area contributed by atoms with Crippen molar-refractivity contribution in [3.05, 3.63) is 178 Å². The molecule has 194 valence electrons. The summed E-state index contributed by atoms with van der Waals surface area (Å²) in [6.07, 6.45) is 13.2. The molecule has 0 aromatic heterocycles. The molecule has 0 N–H and O–H groups in total. The first-order valence-corrected chi connectivity index (χ1v) is 13.8. The summed E-state index contributed by atoms with van der Waals surface area (Å²) in [5, 5.41) is 0. The summed E-state index contributed by atoms with van der Waals surface area (Å²) in [5.74, 6) is 0. The van der Waals surface area contributed by atoms with Crippen LogP contribution in [0, 0.1) is 0 Å². The minimum atomic E-state index is 1.18. The summed E-state index contributed by atoms with van der Waals surface area (Å²) in [5.41, 5.74) is 12.2. The van der Waals surface area contributed by atoms with Crippen molar-refractivity contribution < 1.29 is 0 Å². The Bertz CT molecular complexity index is 1520. The highest BCUT2D eigenvalue weighted by atomic mass is 14.0. The van der Waals surface area contributed by atoms with E-state index >= 15 is 0 Å². The van der Waals surface area contributed by atoms with Crippen LogP contribution in [0.25, 0.3) is 47.6 Å². The van der Waals surface area contributed by atoms with Crippen LogP contribution in [-0.2, 0) is 0 Å². The minimum Gasteiger partial charge on any atom is -0.0622 e. The fraction of sp³-hybridized carbons (Fsp3) is 0.0500. The third-order valence-corrected chi connectivity index (χ3v) is 7.00. The van der Waals surface area contributed by atoms with E-state index in [-0.39, 0.29) is 0 Å². The van der Waals surface area contributed by atoms with Gasteiger partial charge >= 0.3 is 0 Å². The molecule has 5 aromatic carbocycles. The van der Waals surface area contributed by atoms with Gasteiger partial charge in [0.15, 0.2) is 0 Å². The van der Waals surface area contributed by atoms with Crippen molar-refractivity contribution in [2.45, 2.75) is 13.8 Å². The van der Waals surface area contributed by atoms with Gasteiger partial charge in [-0.3, -0.25) is 0 Å². The summed E-state index contributed by atoms with van der Waals surface area (Å²) in [7, 11) is 0. The summed E-state index contributed by atoms with van der Waals surface area (Å²) < 4.78 is 0. The Hall–Kier alpha value is -4.94. The molecule has 0 unspecified atom stereocenters. The highest BCUT2D eigenvalue weighted by Gasteiger charge is 1.99. The summed E-state index contributed by atoms with van der Waals surface area (Å²) >= 11 is 0. The summed E-state index contributed by atoms with van der Waals surface area (Å²) in [6.45, 7) is 4.32. The minimum absolute atomic E-state index is 1.18. The second kappa shape index (κ2) is 13.2. The van der Waals surface area contributed by atoms with Gasteiger partial charge in [-0.05, 0) is 69.5 Å². The Morgan fingerprint density at radius 2 is 0.675 bits per heavy atom. The van der Waals surface area contributed by atoms with E-state index in [1.807, 2.05) is 0 Å². The molecule has 0 saturated heterocycles. The number of hydrogen-bond acceptors (Lipinski definition) is 0. The SMILES string of the molecule is CC(=Cc1ccc(C=Cc2ccccc2C=Cc2ccc(C=C(C)c3ccccc3)cc2)cc1)c1ccccc1. The number of rotatable bonds is 8. The molecule has 0 spiro atoms. The fourth-order valence-electron chi connectivity index (χ4n) is 4.66. The van der Waals surface area contributed by atoms with Crippen molar-refractivity contribution in [1.29, 1.82) is 0 Å². The third kappa shape index (κ3) is 7.34. The zero-order chi connectivity index (χ0) is 27.6. The molecule has 0 aliphatic rings. The zero-order valence-corrected chi connectivity index (χ0v) is 23.2. The van der Waals surface area contributed by atoms with Crippen LogP contribution >= 0.6 is 0 Å². The Kier molecular flexibility index (Phi) is 8.81. The van der Waals surface area contributed by atoms with Gasteiger partial charge in [-0.25, -0.2) is 0 Å². The molecule has 0 amide bonds. The average Bonchev–Trinajstić information content (AvgIpc) is 3.01. The summed E-state index contributed by atoms with van der Waals surface area (Å²) in [6, 6.07) is 46.9. The molecule has 0 fully saturated rings. The maximum Gasteiger partial charge on any atom is -0.0184 e. The molecule has 5 rings (SSSR count). The molecule has 0 bridgehead atoms. The van der Waals surface area contributed by atoms with Gasteiger partial charge in [0.1, 0.15) is 0 Å². The topological polar surface area (TPSA) is 0 Å². The van der Waals surface area contributed by atoms with Gasteiger partial charge < -0.3 is 0 Å². The van der Waals surface area contributed by atoms with Gasteiger partial charge in [0.2, 0.25) is 0 Å². The molecule has 0 radical (unpaired) electrons. The van der Waals surface area contributed by atoms with Gasteiger partial charge in [-0.15, -0.1) is 0 Å². The lowest BCUT2D eigenvalue weighted by Crippen LogP contribution is -1.82. The highest BCUT2D eigenvalue weighted by molar-refractivity contribution is 5.83. The predicted octanol–water partition coefficient (Wildman–Crippen LogP) is 11.1. The van der Waals surface area contributed by atoms with E-state index in [2.05, 4.69) is 184 Å². The lowest BCUT2D eigenvalue weighted by Gasteiger charge is -2.04. The number of benzene rings is 5. The molecular weight excluding hydrogens is 480 g/mol.